The fourth-order valence-electron chi connectivity index (χ4n) is 3.91. The number of carbonyl (C=O) groups is 1. The number of hydrogen-bond acceptors (Lipinski definition) is 9. The zero-order chi connectivity index (χ0) is 27.1. The Morgan fingerprint density at radius 3 is 2.42 bits per heavy atom. The number of fused-ring (bicyclic) bond motifs is 1. The number of hydrazine groups is 2. The van der Waals surface area contributed by atoms with Crippen LogP contribution in [-0.4, -0.2) is 41.4 Å². The number of pyridine rings is 1. The van der Waals surface area contributed by atoms with Gasteiger partial charge in [0.25, 0.3) is 10.0 Å². The van der Waals surface area contributed by atoms with Crippen molar-refractivity contribution < 1.29 is 28.0 Å². The maximum absolute atomic E-state index is 13.6. The maximum Gasteiger partial charge on any atom is 0.361 e. The van der Waals surface area contributed by atoms with Gasteiger partial charge in [0.1, 0.15) is 5.75 Å². The Bertz CT molecular complexity index is 1500. The Balaban J connectivity index is 1.66. The molecule has 0 radical (unpaired) electrons. The molecule has 3 aromatic carbocycles. The summed E-state index contributed by atoms with van der Waals surface area (Å²) in [4.78, 5) is 22.7. The second-order valence-electron chi connectivity index (χ2n) is 8.36. The predicted octanol–water partition coefficient (Wildman–Crippen LogP) is 4.27. The molecule has 10 nitrogen and oxygen atoms in total. The average molecular weight is 537 g/mol. The van der Waals surface area contributed by atoms with E-state index in [1.54, 1.807) is 42.0 Å². The van der Waals surface area contributed by atoms with Gasteiger partial charge in [0.2, 0.25) is 0 Å². The molecule has 0 atom stereocenters. The molecule has 0 aliphatic carbocycles. The second kappa shape index (κ2) is 12.1. The van der Waals surface area contributed by atoms with Gasteiger partial charge >= 0.3 is 5.97 Å². The molecule has 1 heterocycles. The predicted molar refractivity (Wildman–Crippen MR) is 140 cm³/mol. The van der Waals surface area contributed by atoms with E-state index in [9.17, 15) is 18.4 Å². The summed E-state index contributed by atoms with van der Waals surface area (Å²) < 4.78 is 33.1. The lowest BCUT2D eigenvalue weighted by molar-refractivity contribution is -0.300. The van der Waals surface area contributed by atoms with E-state index < -0.39 is 16.0 Å². The average Bonchev–Trinajstić information content (AvgIpc) is 2.95. The SMILES string of the molecule is CCCc1cccc2cc(C(=O)ON(NO)N(Cc3ccccc3)S(=O)(=O)c3ccc(OC)cc3)cnc12. The van der Waals surface area contributed by atoms with Gasteiger partial charge in [-0.3, -0.25) is 10.2 Å². The van der Waals surface area contributed by atoms with Crippen molar-refractivity contribution in [1.82, 2.24) is 20.3 Å². The van der Waals surface area contributed by atoms with Crippen molar-refractivity contribution in [1.29, 1.82) is 0 Å². The van der Waals surface area contributed by atoms with Crippen LogP contribution in [0.15, 0.2) is 90.0 Å². The van der Waals surface area contributed by atoms with E-state index in [4.69, 9.17) is 9.57 Å². The molecule has 4 aromatic rings. The summed E-state index contributed by atoms with van der Waals surface area (Å²) in [5.41, 5.74) is 4.17. The van der Waals surface area contributed by atoms with Gasteiger partial charge < -0.3 is 9.57 Å². The number of aryl methyl sites for hydroxylation is 1. The van der Waals surface area contributed by atoms with Crippen molar-refractivity contribution in [3.05, 3.63) is 102 Å². The van der Waals surface area contributed by atoms with E-state index in [-0.39, 0.29) is 17.0 Å². The Hall–Kier alpha value is -3.87. The second-order valence-corrected chi connectivity index (χ2v) is 10.2. The number of nitrogens with one attached hydrogen (secondary N) is 1. The standard InChI is InChI=1S/C27H28N4O6S/c1-3-8-21-11-7-12-22-17-23(18-28-26(21)22)27(32)37-31(29-33)30(19-20-9-5-4-6-10-20)38(34,35)25-15-13-24(36-2)14-16-25/h4-7,9-18,29,33H,3,8,19H2,1-2H3. The first-order valence-electron chi connectivity index (χ1n) is 11.9. The number of nitrogens with zero attached hydrogens (tertiary/aromatic N) is 3. The highest BCUT2D eigenvalue weighted by atomic mass is 32.2. The molecule has 0 fully saturated rings. The van der Waals surface area contributed by atoms with E-state index in [0.717, 1.165) is 29.3 Å². The fourth-order valence-corrected chi connectivity index (χ4v) is 5.22. The minimum Gasteiger partial charge on any atom is -0.497 e. The molecule has 198 valence electrons. The molecule has 2 N–H and O–H groups in total. The van der Waals surface area contributed by atoms with Crippen LogP contribution in [0.2, 0.25) is 0 Å². The van der Waals surface area contributed by atoms with Crippen molar-refractivity contribution in [2.45, 2.75) is 31.2 Å². The third-order valence-electron chi connectivity index (χ3n) is 5.80. The molecule has 0 amide bonds. The third kappa shape index (κ3) is 5.98. The Kier molecular flexibility index (Phi) is 8.66. The number of rotatable bonds is 11. The summed E-state index contributed by atoms with van der Waals surface area (Å²) in [6.45, 7) is 1.81. The van der Waals surface area contributed by atoms with E-state index in [1.165, 1.54) is 37.6 Å². The molecule has 0 aliphatic heterocycles. The smallest absolute Gasteiger partial charge is 0.361 e. The van der Waals surface area contributed by atoms with Gasteiger partial charge in [0.15, 0.2) is 0 Å². The zero-order valence-electron chi connectivity index (χ0n) is 20.9. The number of methoxy groups -OCH3 is 1. The van der Waals surface area contributed by atoms with Gasteiger partial charge in [-0.05, 0) is 47.9 Å². The van der Waals surface area contributed by atoms with Gasteiger partial charge in [0.05, 0.1) is 29.6 Å². The van der Waals surface area contributed by atoms with Crippen molar-refractivity contribution >= 4 is 26.9 Å². The summed E-state index contributed by atoms with van der Waals surface area (Å²) in [7, 11) is -2.86. The first kappa shape index (κ1) is 27.2. The highest BCUT2D eigenvalue weighted by molar-refractivity contribution is 7.89. The van der Waals surface area contributed by atoms with Crippen LogP contribution in [0.25, 0.3) is 10.9 Å². The van der Waals surface area contributed by atoms with Gasteiger partial charge in [-0.25, -0.2) is 13.2 Å². The van der Waals surface area contributed by atoms with Crippen molar-refractivity contribution in [3.63, 3.8) is 0 Å². The van der Waals surface area contributed by atoms with E-state index in [0.29, 0.717) is 21.0 Å². The molecule has 1 aromatic heterocycles. The molecule has 0 saturated carbocycles. The van der Waals surface area contributed by atoms with Crippen LogP contribution in [0.4, 0.5) is 0 Å². The molecular weight excluding hydrogens is 508 g/mol. The molecule has 0 aliphatic rings. The minimum atomic E-state index is -4.32. The fraction of sp³-hybridized carbons (Fsp3) is 0.185. The normalized spacial score (nSPS) is 11.7. The number of para-hydroxylation sites is 1. The molecule has 0 spiro atoms. The highest BCUT2D eigenvalue weighted by Gasteiger charge is 2.34. The molecule has 0 unspecified atom stereocenters. The van der Waals surface area contributed by atoms with Crippen molar-refractivity contribution in [2.75, 3.05) is 7.11 Å². The quantitative estimate of drug-likeness (QED) is 0.271. The topological polar surface area (TPSA) is 121 Å². The van der Waals surface area contributed by atoms with Gasteiger partial charge in [-0.2, -0.15) is 0 Å². The largest absolute Gasteiger partial charge is 0.497 e. The molecule has 0 bridgehead atoms. The summed E-state index contributed by atoms with van der Waals surface area (Å²) >= 11 is 0. The molecular formula is C27H28N4O6S. The van der Waals surface area contributed by atoms with Crippen LogP contribution >= 0.6 is 0 Å². The van der Waals surface area contributed by atoms with Crippen LogP contribution in [0.3, 0.4) is 0 Å². The minimum absolute atomic E-state index is 0.0768. The number of aromatic nitrogens is 1. The van der Waals surface area contributed by atoms with Crippen molar-refractivity contribution in [3.8, 4) is 5.75 Å². The van der Waals surface area contributed by atoms with Crippen LogP contribution in [0, 0.1) is 0 Å². The van der Waals surface area contributed by atoms with Crippen LogP contribution < -0.4 is 10.3 Å². The molecule has 11 heteroatoms. The lowest BCUT2D eigenvalue weighted by Gasteiger charge is -2.30. The lowest BCUT2D eigenvalue weighted by Crippen LogP contribution is -2.52. The third-order valence-corrected chi connectivity index (χ3v) is 7.50. The summed E-state index contributed by atoms with van der Waals surface area (Å²) in [6.07, 6.45) is 3.15. The van der Waals surface area contributed by atoms with E-state index >= 15 is 0 Å². The number of ether oxygens (including phenoxy) is 1. The maximum atomic E-state index is 13.6. The molecule has 38 heavy (non-hydrogen) atoms. The van der Waals surface area contributed by atoms with E-state index in [2.05, 4.69) is 11.9 Å². The Morgan fingerprint density at radius 1 is 1.03 bits per heavy atom. The van der Waals surface area contributed by atoms with Crippen LogP contribution in [-0.2, 0) is 27.8 Å². The van der Waals surface area contributed by atoms with Crippen LogP contribution in [0.5, 0.6) is 5.75 Å². The molecule has 4 rings (SSSR count). The van der Waals surface area contributed by atoms with Gasteiger partial charge in [-0.15, -0.1) is 0 Å². The lowest BCUT2D eigenvalue weighted by atomic mass is 10.0. The summed E-state index contributed by atoms with van der Waals surface area (Å²) in [6, 6.07) is 21.7. The first-order chi connectivity index (χ1) is 18.4. The number of benzene rings is 3. The van der Waals surface area contributed by atoms with Crippen LogP contribution in [0.1, 0.15) is 34.8 Å². The van der Waals surface area contributed by atoms with Gasteiger partial charge in [-0.1, -0.05) is 71.9 Å². The number of sulfonamides is 1. The number of carbonyl (C=O) groups excluding carboxylic acids is 1. The Labute approximate surface area is 220 Å². The zero-order valence-corrected chi connectivity index (χ0v) is 21.8. The van der Waals surface area contributed by atoms with E-state index in [1.807, 2.05) is 18.2 Å². The summed E-state index contributed by atoms with van der Waals surface area (Å²) in [5, 5.41) is 11.0. The molecule has 0 saturated heterocycles. The van der Waals surface area contributed by atoms with Crippen molar-refractivity contribution in [2.24, 2.45) is 0 Å². The first-order valence-corrected chi connectivity index (χ1v) is 13.3. The Morgan fingerprint density at radius 2 is 1.76 bits per heavy atom. The van der Waals surface area contributed by atoms with Gasteiger partial charge in [0, 0.05) is 16.9 Å². The monoisotopic (exact) mass is 536 g/mol. The summed E-state index contributed by atoms with van der Waals surface area (Å²) in [5.74, 6) is -0.460. The number of hydrogen-bond donors (Lipinski definition) is 2. The highest BCUT2D eigenvalue weighted by Crippen LogP contribution is 2.24.